The highest BCUT2D eigenvalue weighted by Gasteiger charge is 2.33. The summed E-state index contributed by atoms with van der Waals surface area (Å²) < 4.78 is 0. The molecule has 0 aliphatic heterocycles. The molecule has 0 aromatic heterocycles. The number of carbonyl (C=O) groups is 1. The fourth-order valence-electron chi connectivity index (χ4n) is 3.11. The van der Waals surface area contributed by atoms with Gasteiger partial charge < -0.3 is 10.4 Å². The van der Waals surface area contributed by atoms with Gasteiger partial charge in [0.2, 0.25) is 0 Å². The van der Waals surface area contributed by atoms with Crippen LogP contribution in [0.3, 0.4) is 0 Å². The number of benzene rings is 1. The molecule has 23 heavy (non-hydrogen) atoms. The Labute approximate surface area is 139 Å². The molecule has 1 fully saturated rings. The number of nitrogens with zero attached hydrogens (tertiary/aromatic N) is 1. The van der Waals surface area contributed by atoms with Gasteiger partial charge in [0, 0.05) is 18.6 Å². The van der Waals surface area contributed by atoms with E-state index in [4.69, 9.17) is 5.11 Å². The first-order valence-corrected chi connectivity index (χ1v) is 8.58. The van der Waals surface area contributed by atoms with Gasteiger partial charge in [-0.1, -0.05) is 52.0 Å². The summed E-state index contributed by atoms with van der Waals surface area (Å²) in [6.45, 7) is 10.6. The lowest BCUT2D eigenvalue weighted by Crippen LogP contribution is -2.53. The minimum Gasteiger partial charge on any atom is -0.480 e. The number of carboxylic acids is 1. The van der Waals surface area contributed by atoms with Crippen molar-refractivity contribution in [1.29, 1.82) is 0 Å². The molecule has 0 saturated heterocycles. The Hall–Kier alpha value is -1.39. The minimum absolute atomic E-state index is 0.155. The Kier molecular flexibility index (Phi) is 5.82. The molecule has 0 amide bonds. The van der Waals surface area contributed by atoms with Gasteiger partial charge in [-0.05, 0) is 35.9 Å². The van der Waals surface area contributed by atoms with Crippen molar-refractivity contribution >= 4 is 5.97 Å². The van der Waals surface area contributed by atoms with Crippen LogP contribution in [0.4, 0.5) is 0 Å². The second-order valence-corrected chi connectivity index (χ2v) is 7.61. The predicted octanol–water partition coefficient (Wildman–Crippen LogP) is 3.01. The minimum atomic E-state index is -0.734. The van der Waals surface area contributed by atoms with E-state index >= 15 is 0 Å². The second-order valence-electron chi connectivity index (χ2n) is 7.61. The molecule has 0 bridgehead atoms. The van der Waals surface area contributed by atoms with E-state index in [-0.39, 0.29) is 12.0 Å². The molecule has 4 heteroatoms. The highest BCUT2D eigenvalue weighted by Crippen LogP contribution is 2.26. The Balaban J connectivity index is 1.75. The molecule has 0 unspecified atom stereocenters. The predicted molar refractivity (Wildman–Crippen MR) is 93.7 cm³/mol. The third kappa shape index (κ3) is 5.05. The Morgan fingerprint density at radius 1 is 1.26 bits per heavy atom. The van der Waals surface area contributed by atoms with Crippen LogP contribution in [0.25, 0.3) is 0 Å². The number of aliphatic carboxylic acids is 1. The maximum Gasteiger partial charge on any atom is 0.317 e. The van der Waals surface area contributed by atoms with Crippen LogP contribution in [0, 0.1) is 0 Å². The molecule has 1 saturated carbocycles. The molecular weight excluding hydrogens is 288 g/mol. The third-order valence-electron chi connectivity index (χ3n) is 4.79. The zero-order valence-corrected chi connectivity index (χ0v) is 14.8. The molecule has 1 aliphatic rings. The van der Waals surface area contributed by atoms with Crippen molar-refractivity contribution in [1.82, 2.24) is 10.2 Å². The average Bonchev–Trinajstić information content (AvgIpc) is 2.43. The first kappa shape index (κ1) is 18.0. The average molecular weight is 318 g/mol. The Morgan fingerprint density at radius 3 is 2.35 bits per heavy atom. The van der Waals surface area contributed by atoms with Crippen LogP contribution in [-0.2, 0) is 16.8 Å². The highest BCUT2D eigenvalue weighted by molar-refractivity contribution is 5.69. The number of rotatable bonds is 7. The number of hydrogen-bond acceptors (Lipinski definition) is 3. The maximum absolute atomic E-state index is 10.8. The van der Waals surface area contributed by atoms with E-state index in [9.17, 15) is 4.79 Å². The van der Waals surface area contributed by atoms with Gasteiger partial charge in [-0.2, -0.15) is 0 Å². The van der Waals surface area contributed by atoms with E-state index in [0.717, 1.165) is 25.9 Å². The summed E-state index contributed by atoms with van der Waals surface area (Å²) in [5, 5.41) is 12.5. The molecule has 4 nitrogen and oxygen atoms in total. The third-order valence-corrected chi connectivity index (χ3v) is 4.79. The van der Waals surface area contributed by atoms with Gasteiger partial charge >= 0.3 is 5.97 Å². The smallest absolute Gasteiger partial charge is 0.317 e. The van der Waals surface area contributed by atoms with E-state index in [1.165, 1.54) is 11.1 Å². The summed E-state index contributed by atoms with van der Waals surface area (Å²) in [7, 11) is 0. The zero-order valence-electron chi connectivity index (χ0n) is 14.8. The molecule has 1 aliphatic carbocycles. The largest absolute Gasteiger partial charge is 0.480 e. The van der Waals surface area contributed by atoms with Crippen LogP contribution in [0.5, 0.6) is 0 Å². The van der Waals surface area contributed by atoms with Crippen molar-refractivity contribution in [2.45, 2.75) is 64.6 Å². The fraction of sp³-hybridized carbons (Fsp3) is 0.632. The normalized spacial score (nSPS) is 21.3. The molecule has 2 N–H and O–H groups in total. The molecule has 0 spiro atoms. The van der Waals surface area contributed by atoms with Crippen LogP contribution in [0.15, 0.2) is 24.3 Å². The zero-order chi connectivity index (χ0) is 17.0. The standard InChI is InChI=1S/C19H30N2O2/c1-5-21(13-18(22)23)17-10-16(11-17)20-12-14-6-8-15(9-7-14)19(2,3)4/h6-9,16-17,20H,5,10-13H2,1-4H3,(H,22,23). The lowest BCUT2D eigenvalue weighted by molar-refractivity contribution is -0.139. The summed E-state index contributed by atoms with van der Waals surface area (Å²) in [5.41, 5.74) is 2.86. The van der Waals surface area contributed by atoms with Crippen molar-refractivity contribution in [2.75, 3.05) is 13.1 Å². The summed E-state index contributed by atoms with van der Waals surface area (Å²) in [5.74, 6) is -0.734. The molecule has 128 valence electrons. The number of likely N-dealkylation sites (N-methyl/N-ethyl adjacent to an activating group) is 1. The first-order valence-electron chi connectivity index (χ1n) is 8.58. The number of hydrogen-bond donors (Lipinski definition) is 2. The number of carboxylic acid groups (broad SMARTS) is 1. The Morgan fingerprint density at radius 2 is 1.87 bits per heavy atom. The van der Waals surface area contributed by atoms with E-state index < -0.39 is 5.97 Å². The molecule has 0 heterocycles. The topological polar surface area (TPSA) is 52.6 Å². The monoisotopic (exact) mass is 318 g/mol. The van der Waals surface area contributed by atoms with Gasteiger partial charge in [0.05, 0.1) is 6.54 Å². The van der Waals surface area contributed by atoms with Crippen molar-refractivity contribution < 1.29 is 9.90 Å². The van der Waals surface area contributed by atoms with Crippen LogP contribution in [-0.4, -0.2) is 41.1 Å². The SMILES string of the molecule is CCN(CC(=O)O)C1CC(NCc2ccc(C(C)(C)C)cc2)C1. The van der Waals surface area contributed by atoms with E-state index in [1.807, 2.05) is 6.92 Å². The first-order chi connectivity index (χ1) is 10.8. The van der Waals surface area contributed by atoms with E-state index in [2.05, 4.69) is 55.3 Å². The van der Waals surface area contributed by atoms with Crippen LogP contribution < -0.4 is 5.32 Å². The highest BCUT2D eigenvalue weighted by atomic mass is 16.4. The van der Waals surface area contributed by atoms with Crippen molar-refractivity contribution in [3.05, 3.63) is 35.4 Å². The van der Waals surface area contributed by atoms with Crippen molar-refractivity contribution in [3.8, 4) is 0 Å². The Bertz CT molecular complexity index is 513. The van der Waals surface area contributed by atoms with Gasteiger partial charge in [0.15, 0.2) is 0 Å². The fourth-order valence-corrected chi connectivity index (χ4v) is 3.11. The van der Waals surface area contributed by atoms with Gasteiger partial charge in [-0.25, -0.2) is 0 Å². The van der Waals surface area contributed by atoms with Crippen LogP contribution in [0.2, 0.25) is 0 Å². The van der Waals surface area contributed by atoms with Gasteiger partial charge in [0.1, 0.15) is 0 Å². The van der Waals surface area contributed by atoms with Gasteiger partial charge in [-0.15, -0.1) is 0 Å². The van der Waals surface area contributed by atoms with E-state index in [1.54, 1.807) is 0 Å². The lowest BCUT2D eigenvalue weighted by Gasteiger charge is -2.42. The molecule has 1 aromatic rings. The van der Waals surface area contributed by atoms with Crippen molar-refractivity contribution in [3.63, 3.8) is 0 Å². The molecule has 2 rings (SSSR count). The molecule has 0 atom stereocenters. The van der Waals surface area contributed by atoms with Crippen LogP contribution in [0.1, 0.15) is 51.7 Å². The summed E-state index contributed by atoms with van der Waals surface area (Å²) in [6.07, 6.45) is 2.09. The lowest BCUT2D eigenvalue weighted by atomic mass is 9.85. The van der Waals surface area contributed by atoms with Crippen molar-refractivity contribution in [2.24, 2.45) is 0 Å². The summed E-state index contributed by atoms with van der Waals surface area (Å²) in [4.78, 5) is 12.9. The number of nitrogens with one attached hydrogen (secondary N) is 1. The quantitative estimate of drug-likeness (QED) is 0.811. The molecular formula is C19H30N2O2. The van der Waals surface area contributed by atoms with Gasteiger partial charge in [0.25, 0.3) is 0 Å². The summed E-state index contributed by atoms with van der Waals surface area (Å²) in [6, 6.07) is 9.75. The van der Waals surface area contributed by atoms with Gasteiger partial charge in [-0.3, -0.25) is 9.69 Å². The van der Waals surface area contributed by atoms with Crippen LogP contribution >= 0.6 is 0 Å². The molecule has 0 radical (unpaired) electrons. The summed E-state index contributed by atoms with van der Waals surface area (Å²) >= 11 is 0. The van der Waals surface area contributed by atoms with E-state index in [0.29, 0.717) is 12.1 Å². The molecule has 1 aromatic carbocycles. The maximum atomic E-state index is 10.8. The second kappa shape index (κ2) is 7.45.